The van der Waals surface area contributed by atoms with Crippen LogP contribution in [0.4, 0.5) is 24.5 Å². The van der Waals surface area contributed by atoms with Crippen molar-refractivity contribution in [3.05, 3.63) is 48.2 Å². The lowest BCUT2D eigenvalue weighted by Gasteiger charge is -2.35. The highest BCUT2D eigenvalue weighted by molar-refractivity contribution is 7.98. The molecule has 43 heavy (non-hydrogen) atoms. The van der Waals surface area contributed by atoms with Gasteiger partial charge in [-0.05, 0) is 74.3 Å². The highest BCUT2D eigenvalue weighted by Crippen LogP contribution is 2.36. The van der Waals surface area contributed by atoms with Crippen molar-refractivity contribution in [2.45, 2.75) is 55.4 Å². The number of alkyl halides is 3. The first kappa shape index (κ1) is 30.0. The molecule has 3 heterocycles. The predicted molar refractivity (Wildman–Crippen MR) is 167 cm³/mol. The van der Waals surface area contributed by atoms with Gasteiger partial charge in [-0.15, -0.1) is 11.8 Å². The van der Waals surface area contributed by atoms with Gasteiger partial charge in [-0.2, -0.15) is 13.2 Å². The van der Waals surface area contributed by atoms with Crippen LogP contribution in [-0.4, -0.2) is 73.9 Å². The minimum atomic E-state index is -4.37. The van der Waals surface area contributed by atoms with E-state index in [4.69, 9.17) is 9.47 Å². The molecule has 1 aliphatic carbocycles. The Labute approximate surface area is 255 Å². The molecule has 2 unspecified atom stereocenters. The van der Waals surface area contributed by atoms with Crippen LogP contribution in [0.5, 0.6) is 5.75 Å². The Morgan fingerprint density at radius 3 is 2.49 bits per heavy atom. The molecule has 2 aromatic carbocycles. The number of rotatable bonds is 8. The second kappa shape index (κ2) is 12.9. The van der Waals surface area contributed by atoms with Crippen LogP contribution in [0.2, 0.25) is 0 Å². The molecule has 0 spiro atoms. The first-order valence-corrected chi connectivity index (χ1v) is 16.3. The maximum Gasteiger partial charge on any atom is 0.406 e. The van der Waals surface area contributed by atoms with E-state index in [1.165, 1.54) is 4.57 Å². The van der Waals surface area contributed by atoms with Gasteiger partial charge in [0.2, 0.25) is 0 Å². The Morgan fingerprint density at radius 1 is 1.02 bits per heavy atom. The molecular formula is C33H39F3N4O2S. The van der Waals surface area contributed by atoms with Gasteiger partial charge in [-0.3, -0.25) is 4.90 Å². The Morgan fingerprint density at radius 2 is 1.79 bits per heavy atom. The largest absolute Gasteiger partial charge is 0.495 e. The smallest absolute Gasteiger partial charge is 0.406 e. The maximum absolute atomic E-state index is 13.7. The summed E-state index contributed by atoms with van der Waals surface area (Å²) < 4.78 is 53.4. The van der Waals surface area contributed by atoms with E-state index in [0.717, 1.165) is 73.6 Å². The molecule has 2 atom stereocenters. The summed E-state index contributed by atoms with van der Waals surface area (Å²) >= 11 is 1.62. The molecule has 3 fully saturated rings. The molecule has 0 radical (unpaired) electrons. The zero-order valence-electron chi connectivity index (χ0n) is 24.7. The van der Waals surface area contributed by atoms with Gasteiger partial charge in [-0.25, -0.2) is 0 Å². The van der Waals surface area contributed by atoms with Gasteiger partial charge in [0.1, 0.15) is 12.3 Å². The second-order valence-electron chi connectivity index (χ2n) is 11.9. The van der Waals surface area contributed by atoms with E-state index in [1.54, 1.807) is 31.0 Å². The molecule has 3 aromatic rings. The van der Waals surface area contributed by atoms with Gasteiger partial charge < -0.3 is 24.7 Å². The average molecular weight is 613 g/mol. The van der Waals surface area contributed by atoms with Gasteiger partial charge >= 0.3 is 6.18 Å². The number of anilines is 2. The molecule has 2 N–H and O–H groups in total. The zero-order chi connectivity index (χ0) is 30.0. The molecule has 1 saturated carbocycles. The quantitative estimate of drug-likeness (QED) is 0.218. The molecule has 3 aliphatic rings. The van der Waals surface area contributed by atoms with Gasteiger partial charge in [-0.1, -0.05) is 12.0 Å². The number of aromatic nitrogens is 1. The number of fused-ring (bicyclic) bond motifs is 2. The number of nitrogens with zero attached hydrogens (tertiary/aromatic N) is 2. The number of thioether (sulfide) groups is 1. The first-order valence-electron chi connectivity index (χ1n) is 15.0. The average Bonchev–Trinajstić information content (AvgIpc) is 3.70. The lowest BCUT2D eigenvalue weighted by molar-refractivity contribution is -0.140. The first-order chi connectivity index (χ1) is 20.8. The van der Waals surface area contributed by atoms with Gasteiger partial charge in [0.25, 0.3) is 0 Å². The maximum atomic E-state index is 13.7. The highest BCUT2D eigenvalue weighted by Gasteiger charge is 2.40. The van der Waals surface area contributed by atoms with Crippen molar-refractivity contribution < 1.29 is 22.6 Å². The van der Waals surface area contributed by atoms with E-state index in [0.29, 0.717) is 40.9 Å². The van der Waals surface area contributed by atoms with Crippen molar-refractivity contribution in [1.29, 1.82) is 0 Å². The fourth-order valence-electron chi connectivity index (χ4n) is 6.91. The monoisotopic (exact) mass is 612 g/mol. The Hall–Kier alpha value is -3.00. The number of nitrogens with one attached hydrogen (secondary N) is 2. The van der Waals surface area contributed by atoms with Gasteiger partial charge in [0.05, 0.1) is 43.8 Å². The molecular weight excluding hydrogens is 573 g/mol. The summed E-state index contributed by atoms with van der Waals surface area (Å²) in [6, 6.07) is 14.1. The molecule has 6 nitrogen and oxygen atoms in total. The summed E-state index contributed by atoms with van der Waals surface area (Å²) in [5.41, 5.74) is 2.54. The van der Waals surface area contributed by atoms with Crippen molar-refractivity contribution in [2.24, 2.45) is 11.8 Å². The van der Waals surface area contributed by atoms with Gasteiger partial charge in [0, 0.05) is 53.0 Å². The highest BCUT2D eigenvalue weighted by atomic mass is 32.2. The van der Waals surface area contributed by atoms with E-state index in [1.807, 2.05) is 36.6 Å². The standard InChI is InChI=1S/C33H39F3N4O2S/c1-41-32-16-27(43-2)12-13-30(32)37-14-4-5-26-15-28-29(6-3-7-31(28)40(26)21-33(34,35)36)38-24-8-10-25(11-9-24)39-17-22-19-42-20-23(22)18-39/h3,6-7,12-13,15-16,22-25,37-38H,8-11,14,17-21H2,1-2H3. The van der Waals surface area contributed by atoms with Crippen LogP contribution in [0.3, 0.4) is 0 Å². The Bertz CT molecular complexity index is 1480. The zero-order valence-corrected chi connectivity index (χ0v) is 25.5. The number of halogens is 3. The summed E-state index contributed by atoms with van der Waals surface area (Å²) in [6.07, 6.45) is 2.00. The minimum absolute atomic E-state index is 0.266. The second-order valence-corrected chi connectivity index (χ2v) is 12.7. The third-order valence-corrected chi connectivity index (χ3v) is 9.84. The van der Waals surface area contributed by atoms with Crippen LogP contribution in [0, 0.1) is 23.7 Å². The van der Waals surface area contributed by atoms with E-state index in [2.05, 4.69) is 27.4 Å². The molecule has 2 aliphatic heterocycles. The van der Waals surface area contributed by atoms with Crippen molar-refractivity contribution in [3.8, 4) is 17.6 Å². The predicted octanol–water partition coefficient (Wildman–Crippen LogP) is 6.70. The number of benzene rings is 2. The molecule has 2 saturated heterocycles. The topological polar surface area (TPSA) is 50.7 Å². The van der Waals surface area contributed by atoms with Gasteiger partial charge in [0.15, 0.2) is 0 Å². The van der Waals surface area contributed by atoms with Crippen LogP contribution in [0.1, 0.15) is 31.4 Å². The molecule has 0 bridgehead atoms. The summed E-state index contributed by atoms with van der Waals surface area (Å²) in [7, 11) is 1.61. The minimum Gasteiger partial charge on any atom is -0.495 e. The van der Waals surface area contributed by atoms with Crippen LogP contribution in [-0.2, 0) is 11.3 Å². The van der Waals surface area contributed by atoms with Crippen LogP contribution in [0.25, 0.3) is 10.9 Å². The lowest BCUT2D eigenvalue weighted by atomic mass is 9.90. The summed E-state index contributed by atoms with van der Waals surface area (Å²) in [5, 5.41) is 7.68. The van der Waals surface area contributed by atoms with E-state index in [-0.39, 0.29) is 6.54 Å². The van der Waals surface area contributed by atoms with Crippen molar-refractivity contribution >= 4 is 34.0 Å². The van der Waals surface area contributed by atoms with Crippen LogP contribution < -0.4 is 15.4 Å². The van der Waals surface area contributed by atoms with Crippen LogP contribution in [0.15, 0.2) is 47.4 Å². The number of hydrogen-bond acceptors (Lipinski definition) is 6. The number of likely N-dealkylation sites (tertiary alicyclic amines) is 1. The molecule has 1 aromatic heterocycles. The van der Waals surface area contributed by atoms with E-state index < -0.39 is 12.7 Å². The fraction of sp³-hybridized carbons (Fsp3) is 0.515. The summed E-state index contributed by atoms with van der Waals surface area (Å²) in [6.45, 7) is 3.28. The molecule has 230 valence electrons. The fourth-order valence-corrected chi connectivity index (χ4v) is 7.34. The van der Waals surface area contributed by atoms with Crippen molar-refractivity contribution in [1.82, 2.24) is 9.47 Å². The Kier molecular flexibility index (Phi) is 9.03. The summed E-state index contributed by atoms with van der Waals surface area (Å²) in [4.78, 5) is 3.74. The van der Waals surface area contributed by atoms with E-state index >= 15 is 0 Å². The normalized spacial score (nSPS) is 24.0. The SMILES string of the molecule is COc1cc(SC)ccc1NCC#Cc1cc2c(NC3CCC(N4CC5COCC5C4)CC3)cccc2n1CC(F)(F)F. The Balaban J connectivity index is 1.15. The summed E-state index contributed by atoms with van der Waals surface area (Å²) in [5.74, 6) is 8.10. The van der Waals surface area contributed by atoms with E-state index in [9.17, 15) is 13.2 Å². The number of methoxy groups -OCH3 is 1. The number of ether oxygens (including phenoxy) is 2. The third kappa shape index (κ3) is 6.89. The van der Waals surface area contributed by atoms with Crippen molar-refractivity contribution in [2.75, 3.05) is 56.8 Å². The molecule has 0 amide bonds. The lowest BCUT2D eigenvalue weighted by Crippen LogP contribution is -2.40. The van der Waals surface area contributed by atoms with Crippen molar-refractivity contribution in [3.63, 3.8) is 0 Å². The number of hydrogen-bond donors (Lipinski definition) is 2. The van der Waals surface area contributed by atoms with Crippen LogP contribution >= 0.6 is 11.8 Å². The third-order valence-electron chi connectivity index (χ3n) is 9.12. The molecule has 10 heteroatoms. The molecule has 6 rings (SSSR count).